The Bertz CT molecular complexity index is 1320. The number of fused-ring (bicyclic) bond motifs is 2. The minimum atomic E-state index is -5.85. The zero-order chi connectivity index (χ0) is 24.5. The maximum Gasteiger partial charge on any atom is 0.534 e. The molecule has 34 heavy (non-hydrogen) atoms. The van der Waals surface area contributed by atoms with E-state index in [0.717, 1.165) is 28.1 Å². The average molecular weight is 515 g/mol. The molecule has 0 aliphatic heterocycles. The van der Waals surface area contributed by atoms with Crippen LogP contribution in [0.4, 0.5) is 13.2 Å². The van der Waals surface area contributed by atoms with Crippen LogP contribution in [0, 0.1) is 0 Å². The predicted molar refractivity (Wildman–Crippen MR) is 121 cm³/mol. The van der Waals surface area contributed by atoms with Gasteiger partial charge in [0.15, 0.2) is 11.9 Å². The van der Waals surface area contributed by atoms with Gasteiger partial charge in [0, 0.05) is 12.7 Å². The van der Waals surface area contributed by atoms with Crippen molar-refractivity contribution in [1.82, 2.24) is 9.97 Å². The van der Waals surface area contributed by atoms with Gasteiger partial charge in [-0.15, -0.1) is 0 Å². The van der Waals surface area contributed by atoms with Crippen LogP contribution in [0.5, 0.6) is 11.6 Å². The van der Waals surface area contributed by atoms with Crippen molar-refractivity contribution in [2.24, 2.45) is 0 Å². The number of nitrogens with zero attached hydrogens (tertiary/aromatic N) is 2. The summed E-state index contributed by atoms with van der Waals surface area (Å²) in [5.41, 5.74) is -3.80. The standard InChI is InChI=1S/C22H21F3N2O5S2/c1-30-12-31-15-9-13-5-3-4-6-16(13)18(11-15)14-7-8-17-19(10-14)26-21(33-2)27-20(17)32-34(28,29)22(23,24)25/h3-6,9,11,14H,7-8,10,12H2,1-2H3. The van der Waals surface area contributed by atoms with Crippen LogP contribution in [0.15, 0.2) is 41.6 Å². The van der Waals surface area contributed by atoms with Crippen molar-refractivity contribution in [3.05, 3.63) is 53.2 Å². The van der Waals surface area contributed by atoms with Gasteiger partial charge in [0.2, 0.25) is 5.88 Å². The molecule has 1 aromatic heterocycles. The van der Waals surface area contributed by atoms with Gasteiger partial charge >= 0.3 is 15.6 Å². The van der Waals surface area contributed by atoms with E-state index in [9.17, 15) is 21.6 Å². The summed E-state index contributed by atoms with van der Waals surface area (Å²) in [6.45, 7) is 0.0873. The molecule has 0 N–H and O–H groups in total. The van der Waals surface area contributed by atoms with E-state index in [4.69, 9.17) is 9.47 Å². The molecule has 0 saturated heterocycles. The molecule has 1 atom stereocenters. The van der Waals surface area contributed by atoms with E-state index in [1.165, 1.54) is 7.11 Å². The van der Waals surface area contributed by atoms with Gasteiger partial charge < -0.3 is 13.7 Å². The number of ether oxygens (including phenoxy) is 2. The molecule has 1 unspecified atom stereocenters. The van der Waals surface area contributed by atoms with Crippen LogP contribution < -0.4 is 8.92 Å². The minimum absolute atomic E-state index is 0.0276. The second-order valence-electron chi connectivity index (χ2n) is 7.65. The van der Waals surface area contributed by atoms with Gasteiger partial charge in [-0.25, -0.2) is 4.98 Å². The van der Waals surface area contributed by atoms with Gasteiger partial charge in [0.05, 0.1) is 5.69 Å². The molecule has 0 bridgehead atoms. The summed E-state index contributed by atoms with van der Waals surface area (Å²) in [7, 11) is -4.32. The topological polar surface area (TPSA) is 87.6 Å². The monoisotopic (exact) mass is 514 g/mol. The maximum atomic E-state index is 12.9. The average Bonchev–Trinajstić information content (AvgIpc) is 2.80. The van der Waals surface area contributed by atoms with Crippen molar-refractivity contribution in [2.45, 2.75) is 35.8 Å². The SMILES string of the molecule is COCOc1cc(C2CCc3c(nc(SC)nc3OS(=O)(=O)C(F)(F)F)C2)c2ccccc2c1. The molecule has 1 aliphatic rings. The van der Waals surface area contributed by atoms with Crippen molar-refractivity contribution < 1.29 is 35.2 Å². The van der Waals surface area contributed by atoms with Gasteiger partial charge in [0.25, 0.3) is 0 Å². The Balaban J connectivity index is 1.74. The molecule has 0 amide bonds. The summed E-state index contributed by atoms with van der Waals surface area (Å²) in [5, 5.41) is 2.13. The molecule has 182 valence electrons. The number of hydrogen-bond acceptors (Lipinski definition) is 8. The van der Waals surface area contributed by atoms with E-state index in [1.807, 2.05) is 36.4 Å². The van der Waals surface area contributed by atoms with Crippen molar-refractivity contribution in [1.29, 1.82) is 0 Å². The fourth-order valence-electron chi connectivity index (χ4n) is 4.00. The molecule has 1 aliphatic carbocycles. The predicted octanol–water partition coefficient (Wildman–Crippen LogP) is 4.84. The number of aromatic nitrogens is 2. The normalized spacial score (nSPS) is 16.3. The molecule has 0 fully saturated rings. The van der Waals surface area contributed by atoms with E-state index >= 15 is 0 Å². The third-order valence-corrected chi connectivity index (χ3v) is 7.01. The zero-order valence-electron chi connectivity index (χ0n) is 18.3. The highest BCUT2D eigenvalue weighted by atomic mass is 32.2. The molecule has 4 rings (SSSR count). The number of alkyl halides is 3. The zero-order valence-corrected chi connectivity index (χ0v) is 19.9. The summed E-state index contributed by atoms with van der Waals surface area (Å²) in [5.74, 6) is 0.0430. The molecular formula is C22H21F3N2O5S2. The number of hydrogen-bond donors (Lipinski definition) is 0. The second-order valence-corrected chi connectivity index (χ2v) is 9.96. The Morgan fingerprint density at radius 2 is 1.94 bits per heavy atom. The van der Waals surface area contributed by atoms with E-state index < -0.39 is 21.5 Å². The highest BCUT2D eigenvalue weighted by Crippen LogP contribution is 2.41. The number of benzene rings is 2. The fraction of sp³-hybridized carbons (Fsp3) is 0.364. The molecule has 2 aromatic carbocycles. The lowest BCUT2D eigenvalue weighted by Crippen LogP contribution is -2.29. The molecular weight excluding hydrogens is 493 g/mol. The third-order valence-electron chi connectivity index (χ3n) is 5.52. The van der Waals surface area contributed by atoms with Gasteiger partial charge in [-0.05, 0) is 59.9 Å². The van der Waals surface area contributed by atoms with E-state index in [-0.39, 0.29) is 29.9 Å². The van der Waals surface area contributed by atoms with E-state index in [0.29, 0.717) is 24.3 Å². The smallest absolute Gasteiger partial charge is 0.468 e. The molecule has 12 heteroatoms. The van der Waals surface area contributed by atoms with E-state index in [1.54, 1.807) is 6.26 Å². The number of rotatable bonds is 7. The molecule has 0 saturated carbocycles. The third kappa shape index (κ3) is 4.93. The van der Waals surface area contributed by atoms with E-state index in [2.05, 4.69) is 14.2 Å². The lowest BCUT2D eigenvalue weighted by Gasteiger charge is -2.27. The van der Waals surface area contributed by atoms with Crippen LogP contribution in [0.2, 0.25) is 0 Å². The Hall–Kier alpha value is -2.57. The molecule has 0 radical (unpaired) electrons. The minimum Gasteiger partial charge on any atom is -0.468 e. The van der Waals surface area contributed by atoms with Crippen LogP contribution in [0.1, 0.15) is 29.2 Å². The Morgan fingerprint density at radius 3 is 2.65 bits per heavy atom. The highest BCUT2D eigenvalue weighted by molar-refractivity contribution is 7.98. The molecule has 3 aromatic rings. The first-order chi connectivity index (χ1) is 16.1. The van der Waals surface area contributed by atoms with Gasteiger partial charge in [0.1, 0.15) is 5.75 Å². The lowest BCUT2D eigenvalue weighted by atomic mass is 9.81. The Kier molecular flexibility index (Phi) is 6.92. The summed E-state index contributed by atoms with van der Waals surface area (Å²) >= 11 is 1.09. The fourth-order valence-corrected chi connectivity index (χ4v) is 4.81. The summed E-state index contributed by atoms with van der Waals surface area (Å²) in [4.78, 5) is 8.37. The first-order valence-electron chi connectivity index (χ1n) is 10.2. The molecule has 1 heterocycles. The van der Waals surface area contributed by atoms with Crippen LogP contribution >= 0.6 is 11.8 Å². The van der Waals surface area contributed by atoms with Crippen LogP contribution in [-0.2, 0) is 27.7 Å². The van der Waals surface area contributed by atoms with Crippen LogP contribution in [-0.4, -0.2) is 44.1 Å². The number of thioether (sulfide) groups is 1. The lowest BCUT2D eigenvalue weighted by molar-refractivity contribution is -0.0502. The maximum absolute atomic E-state index is 12.9. The van der Waals surface area contributed by atoms with Crippen LogP contribution in [0.25, 0.3) is 10.8 Å². The Morgan fingerprint density at radius 1 is 1.18 bits per heavy atom. The first-order valence-corrected chi connectivity index (χ1v) is 12.8. The largest absolute Gasteiger partial charge is 0.534 e. The first kappa shape index (κ1) is 24.6. The van der Waals surface area contributed by atoms with Crippen molar-refractivity contribution in [2.75, 3.05) is 20.2 Å². The quantitative estimate of drug-likeness (QED) is 0.146. The Labute approximate surface area is 198 Å². The molecule has 0 spiro atoms. The summed E-state index contributed by atoms with van der Waals surface area (Å²) in [6, 6.07) is 11.7. The summed E-state index contributed by atoms with van der Waals surface area (Å²) in [6.07, 6.45) is 2.82. The second kappa shape index (κ2) is 9.59. The number of methoxy groups -OCH3 is 1. The van der Waals surface area contributed by atoms with Crippen molar-refractivity contribution in [3.63, 3.8) is 0 Å². The van der Waals surface area contributed by atoms with Crippen molar-refractivity contribution >= 4 is 32.7 Å². The van der Waals surface area contributed by atoms with Gasteiger partial charge in [-0.3, -0.25) is 0 Å². The highest BCUT2D eigenvalue weighted by Gasteiger charge is 2.49. The van der Waals surface area contributed by atoms with Gasteiger partial charge in [-0.1, -0.05) is 36.0 Å². The number of halogens is 3. The van der Waals surface area contributed by atoms with Crippen molar-refractivity contribution in [3.8, 4) is 11.6 Å². The van der Waals surface area contributed by atoms with Gasteiger partial charge in [-0.2, -0.15) is 26.6 Å². The summed E-state index contributed by atoms with van der Waals surface area (Å²) < 4.78 is 77.1. The van der Waals surface area contributed by atoms with Crippen LogP contribution in [0.3, 0.4) is 0 Å². The molecule has 7 nitrogen and oxygen atoms in total.